The van der Waals surface area contributed by atoms with E-state index in [0.717, 1.165) is 16.7 Å². The van der Waals surface area contributed by atoms with Crippen LogP contribution in [0.25, 0.3) is 0 Å². The van der Waals surface area contributed by atoms with E-state index in [1.165, 1.54) is 0 Å². The fraction of sp³-hybridized carbons (Fsp3) is 0.412. The van der Waals surface area contributed by atoms with Gasteiger partial charge >= 0.3 is 0 Å². The lowest BCUT2D eigenvalue weighted by Crippen LogP contribution is -2.55. The fourth-order valence-corrected chi connectivity index (χ4v) is 7.01. The predicted molar refractivity (Wildman–Crippen MR) is 169 cm³/mol. The first-order valence-corrected chi connectivity index (χ1v) is 14.8. The molecule has 1 fully saturated rings. The van der Waals surface area contributed by atoms with Gasteiger partial charge in [-0.1, -0.05) is 74.3 Å². The van der Waals surface area contributed by atoms with E-state index in [2.05, 4.69) is 44.4 Å². The zero-order chi connectivity index (χ0) is 30.7. The molecule has 3 aromatic rings. The molecule has 0 radical (unpaired) electrons. The van der Waals surface area contributed by atoms with Gasteiger partial charge in [-0.05, 0) is 78.3 Å². The number of nitrogens with one attached hydrogen (secondary N) is 2. The Bertz CT molecular complexity index is 1460. The van der Waals surface area contributed by atoms with Gasteiger partial charge in [0, 0.05) is 28.0 Å². The van der Waals surface area contributed by atoms with Gasteiger partial charge in [-0.15, -0.1) is 0 Å². The normalized spacial score (nSPS) is 23.7. The van der Waals surface area contributed by atoms with Gasteiger partial charge in [0.05, 0.1) is 26.3 Å². The van der Waals surface area contributed by atoms with Crippen molar-refractivity contribution in [1.82, 2.24) is 10.6 Å². The predicted octanol–water partition coefficient (Wildman–Crippen LogP) is 7.08. The Balaban J connectivity index is 1.75. The zero-order valence-corrected chi connectivity index (χ0v) is 26.6. The van der Waals surface area contributed by atoms with Gasteiger partial charge in [0.2, 0.25) is 5.91 Å². The van der Waals surface area contributed by atoms with E-state index in [9.17, 15) is 10.1 Å². The SMILES string of the molecule is COc1ccc(CCNC(=O)[C@@H]2NC(C)(CC(C)(C)C)[C@](C#N)(c3ccc(Cl)cc3)C2c2cccc(Cl)c2)cc1OC. The van der Waals surface area contributed by atoms with Gasteiger partial charge in [0.15, 0.2) is 11.5 Å². The summed E-state index contributed by atoms with van der Waals surface area (Å²) in [6, 6.07) is 22.7. The molecule has 1 saturated heterocycles. The van der Waals surface area contributed by atoms with Gasteiger partial charge in [-0.3, -0.25) is 10.1 Å². The summed E-state index contributed by atoms with van der Waals surface area (Å²) >= 11 is 12.8. The number of nitriles is 1. The lowest BCUT2D eigenvalue weighted by Gasteiger charge is -2.45. The number of carbonyl (C=O) groups is 1. The summed E-state index contributed by atoms with van der Waals surface area (Å²) in [4.78, 5) is 14.1. The number of rotatable bonds is 9. The number of halogens is 2. The monoisotopic (exact) mass is 607 g/mol. The highest BCUT2D eigenvalue weighted by Crippen LogP contribution is 2.56. The van der Waals surface area contributed by atoms with Crippen molar-refractivity contribution in [3.63, 3.8) is 0 Å². The lowest BCUT2D eigenvalue weighted by molar-refractivity contribution is -0.123. The summed E-state index contributed by atoms with van der Waals surface area (Å²) in [6.45, 7) is 8.91. The van der Waals surface area contributed by atoms with Gasteiger partial charge in [0.1, 0.15) is 5.41 Å². The molecule has 0 aromatic heterocycles. The molecule has 0 saturated carbocycles. The third kappa shape index (κ3) is 6.24. The summed E-state index contributed by atoms with van der Waals surface area (Å²) < 4.78 is 10.8. The van der Waals surface area contributed by atoms with Crippen LogP contribution in [0, 0.1) is 16.7 Å². The summed E-state index contributed by atoms with van der Waals surface area (Å²) in [7, 11) is 3.20. The molecule has 3 aromatic carbocycles. The average molecular weight is 609 g/mol. The second-order valence-corrected chi connectivity index (χ2v) is 13.3. The molecule has 0 bridgehead atoms. The third-order valence-electron chi connectivity index (χ3n) is 8.16. The largest absolute Gasteiger partial charge is 0.493 e. The van der Waals surface area contributed by atoms with Crippen LogP contribution in [0.4, 0.5) is 0 Å². The van der Waals surface area contributed by atoms with Crippen molar-refractivity contribution in [3.8, 4) is 17.6 Å². The molecule has 4 atom stereocenters. The molecule has 42 heavy (non-hydrogen) atoms. The van der Waals surface area contributed by atoms with E-state index in [-0.39, 0.29) is 11.3 Å². The number of nitrogens with zero attached hydrogens (tertiary/aromatic N) is 1. The highest BCUT2D eigenvalue weighted by Gasteiger charge is 2.65. The molecule has 8 heteroatoms. The number of carbonyl (C=O) groups excluding carboxylic acids is 1. The number of benzene rings is 3. The van der Waals surface area contributed by atoms with E-state index in [0.29, 0.717) is 40.9 Å². The maximum Gasteiger partial charge on any atom is 0.237 e. The molecular weight excluding hydrogens is 569 g/mol. The second kappa shape index (κ2) is 12.6. The van der Waals surface area contributed by atoms with Crippen molar-refractivity contribution in [2.24, 2.45) is 5.41 Å². The van der Waals surface area contributed by atoms with Crippen LogP contribution >= 0.6 is 23.2 Å². The average Bonchev–Trinajstić information content (AvgIpc) is 3.20. The minimum atomic E-state index is -1.11. The Hall–Kier alpha value is -3.24. The lowest BCUT2D eigenvalue weighted by atomic mass is 9.57. The molecule has 1 amide bonds. The number of hydrogen-bond acceptors (Lipinski definition) is 5. The summed E-state index contributed by atoms with van der Waals surface area (Å²) in [5.41, 5.74) is 0.605. The first-order chi connectivity index (χ1) is 19.9. The quantitative estimate of drug-likeness (QED) is 0.271. The van der Waals surface area contributed by atoms with Crippen LogP contribution in [-0.2, 0) is 16.6 Å². The topological polar surface area (TPSA) is 83.4 Å². The van der Waals surface area contributed by atoms with Crippen molar-refractivity contribution in [3.05, 3.63) is 93.5 Å². The minimum Gasteiger partial charge on any atom is -0.493 e. The van der Waals surface area contributed by atoms with Crippen LogP contribution in [0.3, 0.4) is 0 Å². The molecule has 1 aliphatic heterocycles. The number of amides is 1. The Kier molecular flexibility index (Phi) is 9.47. The summed E-state index contributed by atoms with van der Waals surface area (Å²) in [5.74, 6) is 0.583. The third-order valence-corrected chi connectivity index (χ3v) is 8.64. The molecular formula is C34H39Cl2N3O3. The van der Waals surface area contributed by atoms with Crippen LogP contribution in [0.1, 0.15) is 56.7 Å². The molecule has 2 N–H and O–H groups in total. The van der Waals surface area contributed by atoms with Crippen molar-refractivity contribution in [2.75, 3.05) is 20.8 Å². The number of methoxy groups -OCH3 is 2. The molecule has 2 unspecified atom stereocenters. The van der Waals surface area contributed by atoms with Crippen molar-refractivity contribution in [1.29, 1.82) is 5.26 Å². The Morgan fingerprint density at radius 2 is 1.69 bits per heavy atom. The highest BCUT2D eigenvalue weighted by atomic mass is 35.5. The number of ether oxygens (including phenoxy) is 2. The van der Waals surface area contributed by atoms with Gasteiger partial charge in [-0.2, -0.15) is 5.26 Å². The fourth-order valence-electron chi connectivity index (χ4n) is 6.69. The van der Waals surface area contributed by atoms with E-state index in [1.54, 1.807) is 32.4 Å². The van der Waals surface area contributed by atoms with Crippen molar-refractivity contribution >= 4 is 29.1 Å². The van der Waals surface area contributed by atoms with E-state index < -0.39 is 22.9 Å². The molecule has 1 heterocycles. The molecule has 6 nitrogen and oxygen atoms in total. The highest BCUT2D eigenvalue weighted by molar-refractivity contribution is 6.30. The van der Waals surface area contributed by atoms with Gasteiger partial charge in [-0.25, -0.2) is 0 Å². The smallest absolute Gasteiger partial charge is 0.237 e. The van der Waals surface area contributed by atoms with Gasteiger partial charge < -0.3 is 14.8 Å². The molecule has 222 valence electrons. The maximum atomic E-state index is 14.1. The molecule has 4 rings (SSSR count). The van der Waals surface area contributed by atoms with E-state index in [1.807, 2.05) is 48.5 Å². The zero-order valence-electron chi connectivity index (χ0n) is 25.1. The van der Waals surface area contributed by atoms with Crippen molar-refractivity contribution < 1.29 is 14.3 Å². The Morgan fingerprint density at radius 3 is 2.29 bits per heavy atom. The first kappa shape index (κ1) is 31.7. The van der Waals surface area contributed by atoms with Crippen LogP contribution in [-0.4, -0.2) is 38.3 Å². The standard InChI is InChI=1S/C34H39Cl2N3O3/c1-32(2,3)20-33(4)34(21-37,24-11-13-25(35)14-12-24)29(23-8-7-9-26(36)19-23)30(39-33)31(40)38-17-16-22-10-15-27(41-5)28(18-22)42-6/h7-15,18-19,29-30,39H,16-17,20H2,1-6H3,(H,38,40)/t29?,30-,33?,34-/m1/s1. The van der Waals surface area contributed by atoms with Crippen LogP contribution < -0.4 is 20.1 Å². The number of hydrogen-bond donors (Lipinski definition) is 2. The van der Waals surface area contributed by atoms with Crippen molar-refractivity contribution in [2.45, 2.75) is 63.5 Å². The van der Waals surface area contributed by atoms with E-state index in [4.69, 9.17) is 32.7 Å². The molecule has 0 spiro atoms. The van der Waals surface area contributed by atoms with Crippen LogP contribution in [0.5, 0.6) is 11.5 Å². The van der Waals surface area contributed by atoms with E-state index >= 15 is 0 Å². The maximum absolute atomic E-state index is 14.1. The minimum absolute atomic E-state index is 0.145. The van der Waals surface area contributed by atoms with Gasteiger partial charge in [0.25, 0.3) is 0 Å². The van der Waals surface area contributed by atoms with Crippen LogP contribution in [0.15, 0.2) is 66.7 Å². The second-order valence-electron chi connectivity index (χ2n) is 12.4. The summed E-state index contributed by atoms with van der Waals surface area (Å²) in [6.07, 6.45) is 1.24. The van der Waals surface area contributed by atoms with Crippen LogP contribution in [0.2, 0.25) is 10.0 Å². The Labute approximate surface area is 259 Å². The Morgan fingerprint density at radius 1 is 1.00 bits per heavy atom. The summed E-state index contributed by atoms with van der Waals surface area (Å²) in [5, 5.41) is 19.1. The molecule has 1 aliphatic rings. The first-order valence-electron chi connectivity index (χ1n) is 14.1. The molecule has 0 aliphatic carbocycles.